The van der Waals surface area contributed by atoms with Gasteiger partial charge in [0, 0.05) is 23.2 Å². The lowest BCUT2D eigenvalue weighted by molar-refractivity contribution is 0.305. The van der Waals surface area contributed by atoms with Gasteiger partial charge in [-0.2, -0.15) is 0 Å². The van der Waals surface area contributed by atoms with E-state index in [0.29, 0.717) is 24.9 Å². The lowest BCUT2D eigenvalue weighted by atomic mass is 10.1. The van der Waals surface area contributed by atoms with Crippen LogP contribution in [0.15, 0.2) is 84.9 Å². The third-order valence-electron chi connectivity index (χ3n) is 5.89. The SMILES string of the molecule is CC(C)NC(=N)c1cccc(COc2ccc3ccc(OCc4cccc(C(=N)NC(C)C)c4)cc3c2)c1. The van der Waals surface area contributed by atoms with Gasteiger partial charge in [0.1, 0.15) is 36.4 Å². The van der Waals surface area contributed by atoms with Gasteiger partial charge in [0.15, 0.2) is 0 Å². The van der Waals surface area contributed by atoms with Gasteiger partial charge in [-0.15, -0.1) is 0 Å². The fraction of sp³-hybridized carbons (Fsp3) is 0.250. The predicted molar refractivity (Wildman–Crippen MR) is 156 cm³/mol. The maximum absolute atomic E-state index is 8.23. The van der Waals surface area contributed by atoms with Crippen LogP contribution in [-0.2, 0) is 13.2 Å². The molecule has 0 atom stereocenters. The van der Waals surface area contributed by atoms with Crippen LogP contribution in [0.2, 0.25) is 0 Å². The molecule has 6 heteroatoms. The molecule has 4 rings (SSSR count). The Morgan fingerprint density at radius 3 is 1.47 bits per heavy atom. The highest BCUT2D eigenvalue weighted by molar-refractivity contribution is 5.97. The van der Waals surface area contributed by atoms with Crippen LogP contribution >= 0.6 is 0 Å². The van der Waals surface area contributed by atoms with E-state index in [2.05, 4.69) is 10.6 Å². The maximum Gasteiger partial charge on any atom is 0.125 e. The summed E-state index contributed by atoms with van der Waals surface area (Å²) in [6, 6.07) is 28.3. The number of ether oxygens (including phenoxy) is 2. The van der Waals surface area contributed by atoms with Gasteiger partial charge in [0.05, 0.1) is 0 Å². The number of amidine groups is 2. The highest BCUT2D eigenvalue weighted by Crippen LogP contribution is 2.26. The van der Waals surface area contributed by atoms with Gasteiger partial charge >= 0.3 is 0 Å². The Labute approximate surface area is 225 Å². The molecule has 0 aliphatic carbocycles. The zero-order chi connectivity index (χ0) is 27.1. The normalized spacial score (nSPS) is 11.0. The first-order valence-corrected chi connectivity index (χ1v) is 12.9. The number of hydrogen-bond acceptors (Lipinski definition) is 4. The van der Waals surface area contributed by atoms with E-state index >= 15 is 0 Å². The summed E-state index contributed by atoms with van der Waals surface area (Å²) in [5.41, 5.74) is 3.71. The van der Waals surface area contributed by atoms with Crippen LogP contribution in [0, 0.1) is 10.8 Å². The van der Waals surface area contributed by atoms with Gasteiger partial charge in [0.2, 0.25) is 0 Å². The molecule has 0 aliphatic rings. The smallest absolute Gasteiger partial charge is 0.125 e. The van der Waals surface area contributed by atoms with Crippen molar-refractivity contribution in [2.45, 2.75) is 53.0 Å². The molecule has 0 fully saturated rings. The molecule has 0 saturated carbocycles. The summed E-state index contributed by atoms with van der Waals surface area (Å²) in [5, 5.41) is 24.9. The highest BCUT2D eigenvalue weighted by Gasteiger charge is 2.07. The molecule has 0 amide bonds. The van der Waals surface area contributed by atoms with Gasteiger partial charge in [-0.1, -0.05) is 48.5 Å². The summed E-state index contributed by atoms with van der Waals surface area (Å²) in [4.78, 5) is 0. The molecule has 0 heterocycles. The molecular weight excluding hydrogens is 472 g/mol. The Morgan fingerprint density at radius 2 is 1.05 bits per heavy atom. The Kier molecular flexibility index (Phi) is 8.64. The van der Waals surface area contributed by atoms with Crippen molar-refractivity contribution >= 4 is 22.4 Å². The monoisotopic (exact) mass is 508 g/mol. The molecule has 0 aromatic heterocycles. The number of nitrogens with one attached hydrogen (secondary N) is 4. The second-order valence-corrected chi connectivity index (χ2v) is 10.00. The van der Waals surface area contributed by atoms with E-state index in [1.807, 2.05) is 113 Å². The number of fused-ring (bicyclic) bond motifs is 1. The zero-order valence-electron chi connectivity index (χ0n) is 22.5. The Morgan fingerprint density at radius 1 is 0.605 bits per heavy atom. The first kappa shape index (κ1) is 26.7. The van der Waals surface area contributed by atoms with Gasteiger partial charge in [-0.3, -0.25) is 10.8 Å². The quantitative estimate of drug-likeness (QED) is 0.143. The van der Waals surface area contributed by atoms with Crippen LogP contribution in [0.25, 0.3) is 10.8 Å². The summed E-state index contributed by atoms with van der Waals surface area (Å²) in [6.07, 6.45) is 0. The highest BCUT2D eigenvalue weighted by atomic mass is 16.5. The average molecular weight is 509 g/mol. The Hall–Kier alpha value is -4.32. The lowest BCUT2D eigenvalue weighted by Crippen LogP contribution is -2.30. The molecule has 4 aromatic carbocycles. The molecule has 6 nitrogen and oxygen atoms in total. The van der Waals surface area contributed by atoms with Crippen molar-refractivity contribution in [2.75, 3.05) is 0 Å². The first-order valence-electron chi connectivity index (χ1n) is 12.9. The minimum Gasteiger partial charge on any atom is -0.489 e. The van der Waals surface area contributed by atoms with E-state index in [0.717, 1.165) is 44.5 Å². The van der Waals surface area contributed by atoms with E-state index in [1.165, 1.54) is 0 Å². The average Bonchev–Trinajstić information content (AvgIpc) is 2.90. The van der Waals surface area contributed by atoms with Crippen molar-refractivity contribution in [1.29, 1.82) is 10.8 Å². The molecule has 0 saturated heterocycles. The van der Waals surface area contributed by atoms with Gasteiger partial charge in [-0.05, 0) is 86.0 Å². The van der Waals surface area contributed by atoms with Crippen LogP contribution in [0.1, 0.15) is 49.9 Å². The minimum absolute atomic E-state index is 0.209. The molecule has 0 aliphatic heterocycles. The standard InChI is InChI=1S/C32H36N4O2/c1-21(2)35-31(33)26-9-5-7-23(15-26)19-37-29-13-11-25-12-14-30(18-28(25)17-29)38-20-24-8-6-10-27(16-24)32(34)36-22(3)4/h5-18,21-22H,19-20H2,1-4H3,(H2,33,35)(H2,34,36). The van der Waals surface area contributed by atoms with Crippen molar-refractivity contribution in [3.8, 4) is 11.5 Å². The third-order valence-corrected chi connectivity index (χ3v) is 5.89. The fourth-order valence-electron chi connectivity index (χ4n) is 4.09. The summed E-state index contributed by atoms with van der Waals surface area (Å²) in [7, 11) is 0. The Balaban J connectivity index is 1.40. The molecule has 4 N–H and O–H groups in total. The molecule has 4 aromatic rings. The van der Waals surface area contributed by atoms with Crippen LogP contribution in [0.4, 0.5) is 0 Å². The topological polar surface area (TPSA) is 90.2 Å². The molecule has 38 heavy (non-hydrogen) atoms. The van der Waals surface area contributed by atoms with Gasteiger partial charge < -0.3 is 20.1 Å². The molecule has 0 spiro atoms. The summed E-state index contributed by atoms with van der Waals surface area (Å²) >= 11 is 0. The van der Waals surface area contributed by atoms with Gasteiger partial charge in [-0.25, -0.2) is 0 Å². The molecular formula is C32H36N4O2. The first-order chi connectivity index (χ1) is 18.3. The second kappa shape index (κ2) is 12.3. The van der Waals surface area contributed by atoms with Crippen LogP contribution in [0.3, 0.4) is 0 Å². The summed E-state index contributed by atoms with van der Waals surface area (Å²) in [5.74, 6) is 2.38. The molecule has 0 bridgehead atoms. The Bertz CT molecular complexity index is 1320. The molecule has 0 unspecified atom stereocenters. The minimum atomic E-state index is 0.209. The van der Waals surface area contributed by atoms with Crippen molar-refractivity contribution in [1.82, 2.24) is 10.6 Å². The maximum atomic E-state index is 8.23. The lowest BCUT2D eigenvalue weighted by Gasteiger charge is -2.13. The number of hydrogen-bond donors (Lipinski definition) is 4. The summed E-state index contributed by atoms with van der Waals surface area (Å²) < 4.78 is 12.2. The van der Waals surface area contributed by atoms with Crippen LogP contribution in [0.5, 0.6) is 11.5 Å². The third kappa shape index (κ3) is 7.35. The number of rotatable bonds is 10. The van der Waals surface area contributed by atoms with E-state index in [4.69, 9.17) is 20.3 Å². The molecule has 196 valence electrons. The van der Waals surface area contributed by atoms with Crippen LogP contribution < -0.4 is 20.1 Å². The van der Waals surface area contributed by atoms with Crippen molar-refractivity contribution in [3.05, 3.63) is 107 Å². The zero-order valence-corrected chi connectivity index (χ0v) is 22.5. The van der Waals surface area contributed by atoms with Gasteiger partial charge in [0.25, 0.3) is 0 Å². The molecule has 0 radical (unpaired) electrons. The predicted octanol–water partition coefficient (Wildman–Crippen LogP) is 6.64. The number of benzene rings is 4. The van der Waals surface area contributed by atoms with Crippen molar-refractivity contribution in [3.63, 3.8) is 0 Å². The van der Waals surface area contributed by atoms with E-state index < -0.39 is 0 Å². The summed E-state index contributed by atoms with van der Waals surface area (Å²) in [6.45, 7) is 8.93. The fourth-order valence-corrected chi connectivity index (χ4v) is 4.09. The second-order valence-electron chi connectivity index (χ2n) is 10.00. The van der Waals surface area contributed by atoms with Crippen molar-refractivity contribution in [2.24, 2.45) is 0 Å². The van der Waals surface area contributed by atoms with Crippen LogP contribution in [-0.4, -0.2) is 23.8 Å². The van der Waals surface area contributed by atoms with E-state index in [1.54, 1.807) is 0 Å². The van der Waals surface area contributed by atoms with E-state index in [9.17, 15) is 0 Å². The van der Waals surface area contributed by atoms with Crippen molar-refractivity contribution < 1.29 is 9.47 Å². The largest absolute Gasteiger partial charge is 0.489 e. The van der Waals surface area contributed by atoms with E-state index in [-0.39, 0.29) is 12.1 Å².